The van der Waals surface area contributed by atoms with E-state index in [-0.39, 0.29) is 6.15 Å². The largest absolute Gasteiger partial charge is 0.344 e. The lowest BCUT2D eigenvalue weighted by Crippen LogP contribution is -1.78. The van der Waals surface area contributed by atoms with Gasteiger partial charge >= 0.3 is 0 Å². The van der Waals surface area contributed by atoms with Crippen molar-refractivity contribution in [1.29, 1.82) is 0 Å². The molecule has 0 aliphatic rings. The van der Waals surface area contributed by atoms with Gasteiger partial charge in [-0.25, -0.2) is 0 Å². The fraction of sp³-hybridized carbons (Fsp3) is 0.286. The van der Waals surface area contributed by atoms with Gasteiger partial charge in [-0.15, -0.1) is 0 Å². The lowest BCUT2D eigenvalue weighted by molar-refractivity contribution is 1.22. The SMILES string of the molecule is Cc1ccncc1C.N. The zero-order valence-electron chi connectivity index (χ0n) is 5.89. The fourth-order valence-corrected chi connectivity index (χ4v) is 0.543. The van der Waals surface area contributed by atoms with Crippen LogP contribution in [0, 0.1) is 13.8 Å². The van der Waals surface area contributed by atoms with Gasteiger partial charge in [-0.3, -0.25) is 4.98 Å². The van der Waals surface area contributed by atoms with Gasteiger partial charge in [-0.1, -0.05) is 0 Å². The highest BCUT2D eigenvalue weighted by molar-refractivity contribution is 5.18. The summed E-state index contributed by atoms with van der Waals surface area (Å²) in [5, 5.41) is 0. The van der Waals surface area contributed by atoms with Crippen LogP contribution in [0.4, 0.5) is 0 Å². The summed E-state index contributed by atoms with van der Waals surface area (Å²) < 4.78 is 0. The minimum absolute atomic E-state index is 0. The average Bonchev–Trinajstić information content (AvgIpc) is 1.77. The van der Waals surface area contributed by atoms with E-state index in [1.165, 1.54) is 11.1 Å². The number of nitrogens with zero attached hydrogens (tertiary/aromatic N) is 1. The molecule has 0 spiro atoms. The standard InChI is InChI=1S/C7H9N.H3N/c1-6-3-4-8-5-7(6)2;/h3-5H,1-2H3;1H3. The number of aromatic nitrogens is 1. The average molecular weight is 124 g/mol. The lowest BCUT2D eigenvalue weighted by Gasteiger charge is -1.92. The third kappa shape index (κ3) is 1.82. The van der Waals surface area contributed by atoms with E-state index < -0.39 is 0 Å². The molecule has 3 N–H and O–H groups in total. The van der Waals surface area contributed by atoms with Crippen LogP contribution < -0.4 is 6.15 Å². The number of rotatable bonds is 0. The minimum atomic E-state index is 0. The molecule has 1 aromatic rings. The van der Waals surface area contributed by atoms with Gasteiger partial charge in [0.05, 0.1) is 0 Å². The van der Waals surface area contributed by atoms with Gasteiger partial charge in [0.15, 0.2) is 0 Å². The molecule has 0 aromatic carbocycles. The van der Waals surface area contributed by atoms with Crippen LogP contribution in [0.2, 0.25) is 0 Å². The Bertz CT molecular complexity index is 163. The smallest absolute Gasteiger partial charge is 0.0299 e. The second-order valence-corrected chi connectivity index (χ2v) is 1.96. The van der Waals surface area contributed by atoms with Crippen LogP contribution in [0.1, 0.15) is 11.1 Å². The van der Waals surface area contributed by atoms with E-state index in [0.29, 0.717) is 0 Å². The Hall–Kier alpha value is -0.890. The number of hydrogen-bond donors (Lipinski definition) is 1. The molecule has 0 saturated heterocycles. The second kappa shape index (κ2) is 3.20. The minimum Gasteiger partial charge on any atom is -0.344 e. The Balaban J connectivity index is 0.000000640. The summed E-state index contributed by atoms with van der Waals surface area (Å²) in [6, 6.07) is 2.01. The summed E-state index contributed by atoms with van der Waals surface area (Å²) in [6.07, 6.45) is 3.68. The first kappa shape index (κ1) is 8.11. The van der Waals surface area contributed by atoms with Gasteiger partial charge in [-0.05, 0) is 31.0 Å². The predicted octanol–water partition coefficient (Wildman–Crippen LogP) is 1.86. The Labute approximate surface area is 55.5 Å². The molecule has 0 bridgehead atoms. The molecule has 50 valence electrons. The van der Waals surface area contributed by atoms with E-state index >= 15 is 0 Å². The molecule has 0 atom stereocenters. The van der Waals surface area contributed by atoms with E-state index in [1.54, 1.807) is 0 Å². The molecule has 0 aliphatic heterocycles. The maximum atomic E-state index is 3.95. The Kier molecular flexibility index (Phi) is 2.88. The fourth-order valence-electron chi connectivity index (χ4n) is 0.543. The van der Waals surface area contributed by atoms with Gasteiger partial charge in [-0.2, -0.15) is 0 Å². The van der Waals surface area contributed by atoms with Crippen molar-refractivity contribution in [2.75, 3.05) is 0 Å². The van der Waals surface area contributed by atoms with Crippen LogP contribution in [0.15, 0.2) is 18.5 Å². The van der Waals surface area contributed by atoms with Crippen molar-refractivity contribution in [3.63, 3.8) is 0 Å². The van der Waals surface area contributed by atoms with E-state index in [4.69, 9.17) is 0 Å². The van der Waals surface area contributed by atoms with Crippen LogP contribution in [-0.4, -0.2) is 4.98 Å². The van der Waals surface area contributed by atoms with E-state index in [0.717, 1.165) is 0 Å². The highest BCUT2D eigenvalue weighted by Gasteiger charge is 1.84. The highest BCUT2D eigenvalue weighted by atomic mass is 14.6. The van der Waals surface area contributed by atoms with Crippen molar-refractivity contribution in [1.82, 2.24) is 11.1 Å². The summed E-state index contributed by atoms with van der Waals surface area (Å²) in [5.41, 5.74) is 2.56. The summed E-state index contributed by atoms with van der Waals surface area (Å²) in [7, 11) is 0. The number of aryl methyl sites for hydroxylation is 2. The van der Waals surface area contributed by atoms with Gasteiger partial charge < -0.3 is 6.15 Å². The monoisotopic (exact) mass is 124 g/mol. The van der Waals surface area contributed by atoms with E-state index in [9.17, 15) is 0 Å². The van der Waals surface area contributed by atoms with Gasteiger partial charge in [0, 0.05) is 12.4 Å². The molecule has 0 fully saturated rings. The van der Waals surface area contributed by atoms with Crippen molar-refractivity contribution in [3.8, 4) is 0 Å². The summed E-state index contributed by atoms with van der Waals surface area (Å²) in [5.74, 6) is 0. The van der Waals surface area contributed by atoms with Crippen molar-refractivity contribution in [3.05, 3.63) is 29.6 Å². The van der Waals surface area contributed by atoms with E-state index in [1.807, 2.05) is 18.5 Å². The van der Waals surface area contributed by atoms with Crippen LogP contribution in [0.5, 0.6) is 0 Å². The molecule has 0 unspecified atom stereocenters. The molecule has 0 amide bonds. The maximum absolute atomic E-state index is 3.95. The Morgan fingerprint density at radius 2 is 1.89 bits per heavy atom. The highest BCUT2D eigenvalue weighted by Crippen LogP contribution is 2.00. The van der Waals surface area contributed by atoms with Crippen molar-refractivity contribution >= 4 is 0 Å². The third-order valence-electron chi connectivity index (χ3n) is 1.30. The molecule has 1 aromatic heterocycles. The number of pyridine rings is 1. The molecule has 9 heavy (non-hydrogen) atoms. The molecule has 2 heteroatoms. The molecule has 0 saturated carbocycles. The molecule has 1 rings (SSSR count). The quantitative estimate of drug-likeness (QED) is 0.573. The maximum Gasteiger partial charge on any atom is 0.0299 e. The normalized spacial score (nSPS) is 8.22. The van der Waals surface area contributed by atoms with E-state index in [2.05, 4.69) is 18.8 Å². The first-order valence-electron chi connectivity index (χ1n) is 2.68. The van der Waals surface area contributed by atoms with Gasteiger partial charge in [0.25, 0.3) is 0 Å². The first-order chi connectivity index (χ1) is 3.80. The molecular weight excluding hydrogens is 112 g/mol. The van der Waals surface area contributed by atoms with Crippen molar-refractivity contribution < 1.29 is 0 Å². The van der Waals surface area contributed by atoms with Crippen LogP contribution in [0.25, 0.3) is 0 Å². The molecule has 1 heterocycles. The van der Waals surface area contributed by atoms with Gasteiger partial charge in [0.1, 0.15) is 0 Å². The van der Waals surface area contributed by atoms with Crippen LogP contribution in [-0.2, 0) is 0 Å². The molecule has 0 radical (unpaired) electrons. The summed E-state index contributed by atoms with van der Waals surface area (Å²) in [6.45, 7) is 4.14. The van der Waals surface area contributed by atoms with Crippen molar-refractivity contribution in [2.24, 2.45) is 0 Å². The second-order valence-electron chi connectivity index (χ2n) is 1.96. The summed E-state index contributed by atoms with van der Waals surface area (Å²) >= 11 is 0. The topological polar surface area (TPSA) is 47.9 Å². The van der Waals surface area contributed by atoms with Gasteiger partial charge in [0.2, 0.25) is 0 Å². The lowest BCUT2D eigenvalue weighted by atomic mass is 10.2. The number of hydrogen-bond acceptors (Lipinski definition) is 2. The first-order valence-corrected chi connectivity index (χ1v) is 2.68. The molecule has 0 aliphatic carbocycles. The summed E-state index contributed by atoms with van der Waals surface area (Å²) in [4.78, 5) is 3.95. The zero-order valence-corrected chi connectivity index (χ0v) is 5.89. The van der Waals surface area contributed by atoms with Crippen molar-refractivity contribution in [2.45, 2.75) is 13.8 Å². The third-order valence-corrected chi connectivity index (χ3v) is 1.30. The zero-order chi connectivity index (χ0) is 5.98. The van der Waals surface area contributed by atoms with Crippen LogP contribution >= 0.6 is 0 Å². The predicted molar refractivity (Wildman–Crippen MR) is 38.7 cm³/mol. The molecular formula is C7H12N2. The van der Waals surface area contributed by atoms with Crippen LogP contribution in [0.3, 0.4) is 0 Å². The Morgan fingerprint density at radius 1 is 1.22 bits per heavy atom. The molecule has 2 nitrogen and oxygen atoms in total. The Morgan fingerprint density at radius 3 is 2.22 bits per heavy atom.